The van der Waals surface area contributed by atoms with Gasteiger partial charge in [0.1, 0.15) is 5.58 Å². The Balaban J connectivity index is 2.05. The quantitative estimate of drug-likeness (QED) is 0.817. The summed E-state index contributed by atoms with van der Waals surface area (Å²) < 4.78 is 11.8. The molecule has 108 valence electrons. The number of hydrogen-bond donors (Lipinski definition) is 1. The lowest BCUT2D eigenvalue weighted by molar-refractivity contribution is 0.0918. The summed E-state index contributed by atoms with van der Waals surface area (Å²) in [6.45, 7) is 5.79. The molecule has 2 aromatic rings. The van der Waals surface area contributed by atoms with E-state index in [1.165, 1.54) is 0 Å². The second kappa shape index (κ2) is 6.90. The first-order chi connectivity index (χ1) is 9.63. The SMILES string of the molecule is CCOCCCNC(=O)c1oc2ccc(Br)cc2c1C. The van der Waals surface area contributed by atoms with Crippen LogP contribution in [0.15, 0.2) is 27.1 Å². The number of carbonyl (C=O) groups is 1. The summed E-state index contributed by atoms with van der Waals surface area (Å²) >= 11 is 3.42. The highest BCUT2D eigenvalue weighted by Crippen LogP contribution is 2.27. The van der Waals surface area contributed by atoms with Crippen molar-refractivity contribution in [3.05, 3.63) is 34.0 Å². The maximum Gasteiger partial charge on any atom is 0.287 e. The molecule has 0 aliphatic rings. The fraction of sp³-hybridized carbons (Fsp3) is 0.400. The van der Waals surface area contributed by atoms with E-state index in [1.54, 1.807) is 0 Å². The normalized spacial score (nSPS) is 10.9. The molecule has 0 unspecified atom stereocenters. The number of fused-ring (bicyclic) bond motifs is 1. The molecule has 0 saturated heterocycles. The standard InChI is InChI=1S/C15H18BrNO3/c1-3-19-8-4-7-17-15(18)14-10(2)12-9-11(16)5-6-13(12)20-14/h5-6,9H,3-4,7-8H2,1-2H3,(H,17,18). The van der Waals surface area contributed by atoms with Crippen LogP contribution in [0.1, 0.15) is 29.5 Å². The van der Waals surface area contributed by atoms with Gasteiger partial charge in [0.05, 0.1) is 0 Å². The van der Waals surface area contributed by atoms with Crippen molar-refractivity contribution in [1.82, 2.24) is 5.32 Å². The van der Waals surface area contributed by atoms with Crippen molar-refractivity contribution in [1.29, 1.82) is 0 Å². The monoisotopic (exact) mass is 339 g/mol. The number of furan rings is 1. The summed E-state index contributed by atoms with van der Waals surface area (Å²) in [5.41, 5.74) is 1.59. The highest BCUT2D eigenvalue weighted by molar-refractivity contribution is 9.10. The number of hydrogen-bond acceptors (Lipinski definition) is 3. The predicted octanol–water partition coefficient (Wildman–Crippen LogP) is 3.66. The Hall–Kier alpha value is -1.33. The molecule has 1 amide bonds. The van der Waals surface area contributed by atoms with Crippen molar-refractivity contribution < 1.29 is 13.9 Å². The van der Waals surface area contributed by atoms with Crippen LogP contribution in [0, 0.1) is 6.92 Å². The lowest BCUT2D eigenvalue weighted by Crippen LogP contribution is -2.25. The Labute approximate surface area is 126 Å². The molecule has 1 aromatic carbocycles. The molecule has 0 aliphatic carbocycles. The van der Waals surface area contributed by atoms with Crippen LogP contribution in [0.4, 0.5) is 0 Å². The van der Waals surface area contributed by atoms with Gasteiger partial charge in [-0.15, -0.1) is 0 Å². The molecule has 0 bridgehead atoms. The molecule has 1 N–H and O–H groups in total. The molecular formula is C15H18BrNO3. The zero-order chi connectivity index (χ0) is 14.5. The molecule has 1 aromatic heterocycles. The Bertz CT molecular complexity index is 606. The van der Waals surface area contributed by atoms with Crippen molar-refractivity contribution in [2.75, 3.05) is 19.8 Å². The summed E-state index contributed by atoms with van der Waals surface area (Å²) in [5, 5.41) is 3.81. The third-order valence-corrected chi connectivity index (χ3v) is 3.55. The second-order valence-electron chi connectivity index (χ2n) is 4.50. The Kier molecular flexibility index (Phi) is 5.20. The van der Waals surface area contributed by atoms with Gasteiger partial charge in [0.2, 0.25) is 0 Å². The molecule has 0 aliphatic heterocycles. The summed E-state index contributed by atoms with van der Waals surface area (Å²) in [4.78, 5) is 12.1. The van der Waals surface area contributed by atoms with Gasteiger partial charge >= 0.3 is 0 Å². The van der Waals surface area contributed by atoms with E-state index >= 15 is 0 Å². The van der Waals surface area contributed by atoms with Crippen molar-refractivity contribution in [3.8, 4) is 0 Å². The van der Waals surface area contributed by atoms with Gasteiger partial charge in [0.25, 0.3) is 5.91 Å². The van der Waals surface area contributed by atoms with E-state index in [2.05, 4.69) is 21.2 Å². The molecule has 0 radical (unpaired) electrons. The van der Waals surface area contributed by atoms with Crippen LogP contribution in [0.3, 0.4) is 0 Å². The summed E-state index contributed by atoms with van der Waals surface area (Å²) in [7, 11) is 0. The van der Waals surface area contributed by atoms with Crippen molar-refractivity contribution in [2.24, 2.45) is 0 Å². The van der Waals surface area contributed by atoms with Crippen LogP contribution >= 0.6 is 15.9 Å². The van der Waals surface area contributed by atoms with Crippen LogP contribution in [0.5, 0.6) is 0 Å². The van der Waals surface area contributed by atoms with Crippen LogP contribution in [0.25, 0.3) is 11.0 Å². The fourth-order valence-electron chi connectivity index (χ4n) is 2.01. The number of aryl methyl sites for hydroxylation is 1. The maximum atomic E-state index is 12.1. The number of benzene rings is 1. The summed E-state index contributed by atoms with van der Waals surface area (Å²) in [6.07, 6.45) is 0.796. The molecule has 5 heteroatoms. The Morgan fingerprint density at radius 3 is 3.00 bits per heavy atom. The third-order valence-electron chi connectivity index (χ3n) is 3.06. The predicted molar refractivity (Wildman–Crippen MR) is 82.1 cm³/mol. The average molecular weight is 340 g/mol. The first kappa shape index (κ1) is 15.1. The largest absolute Gasteiger partial charge is 0.451 e. The molecule has 20 heavy (non-hydrogen) atoms. The minimum atomic E-state index is -0.175. The average Bonchev–Trinajstić information content (AvgIpc) is 2.76. The molecule has 0 saturated carbocycles. The second-order valence-corrected chi connectivity index (χ2v) is 5.42. The molecule has 0 spiro atoms. The van der Waals surface area contributed by atoms with E-state index < -0.39 is 0 Å². The van der Waals surface area contributed by atoms with Gasteiger partial charge in [-0.3, -0.25) is 4.79 Å². The van der Waals surface area contributed by atoms with Crippen LogP contribution < -0.4 is 5.32 Å². The highest BCUT2D eigenvalue weighted by Gasteiger charge is 2.17. The fourth-order valence-corrected chi connectivity index (χ4v) is 2.37. The number of rotatable bonds is 6. The molecule has 2 rings (SSSR count). The van der Waals surface area contributed by atoms with E-state index in [0.29, 0.717) is 25.5 Å². The summed E-state index contributed by atoms with van der Waals surface area (Å²) in [5.74, 6) is 0.209. The molecular weight excluding hydrogens is 322 g/mol. The lowest BCUT2D eigenvalue weighted by Gasteiger charge is -2.03. The van der Waals surface area contributed by atoms with Gasteiger partial charge in [-0.2, -0.15) is 0 Å². The third kappa shape index (κ3) is 3.41. The van der Waals surface area contributed by atoms with Gasteiger partial charge < -0.3 is 14.5 Å². The Morgan fingerprint density at radius 2 is 2.25 bits per heavy atom. The number of halogens is 1. The summed E-state index contributed by atoms with van der Waals surface area (Å²) in [6, 6.07) is 5.72. The van der Waals surface area contributed by atoms with E-state index in [4.69, 9.17) is 9.15 Å². The molecule has 4 nitrogen and oxygen atoms in total. The maximum absolute atomic E-state index is 12.1. The van der Waals surface area contributed by atoms with E-state index in [-0.39, 0.29) is 5.91 Å². The van der Waals surface area contributed by atoms with Crippen LogP contribution in [0.2, 0.25) is 0 Å². The van der Waals surface area contributed by atoms with Crippen molar-refractivity contribution >= 4 is 32.8 Å². The first-order valence-corrected chi connectivity index (χ1v) is 7.47. The Morgan fingerprint density at radius 1 is 1.45 bits per heavy atom. The van der Waals surface area contributed by atoms with Crippen molar-refractivity contribution in [2.45, 2.75) is 20.3 Å². The van der Waals surface area contributed by atoms with Gasteiger partial charge in [0, 0.05) is 35.2 Å². The van der Waals surface area contributed by atoms with Crippen LogP contribution in [-0.4, -0.2) is 25.7 Å². The minimum Gasteiger partial charge on any atom is -0.451 e. The van der Waals surface area contributed by atoms with Crippen molar-refractivity contribution in [3.63, 3.8) is 0 Å². The zero-order valence-corrected chi connectivity index (χ0v) is 13.2. The molecule has 0 fully saturated rings. The molecule has 0 atom stereocenters. The topological polar surface area (TPSA) is 51.5 Å². The van der Waals surface area contributed by atoms with Gasteiger partial charge in [0.15, 0.2) is 5.76 Å². The number of nitrogens with one attached hydrogen (secondary N) is 1. The minimum absolute atomic E-state index is 0.175. The van der Waals surface area contributed by atoms with Gasteiger partial charge in [-0.25, -0.2) is 0 Å². The van der Waals surface area contributed by atoms with Gasteiger partial charge in [-0.1, -0.05) is 15.9 Å². The number of amides is 1. The zero-order valence-electron chi connectivity index (χ0n) is 11.7. The first-order valence-electron chi connectivity index (χ1n) is 6.68. The highest BCUT2D eigenvalue weighted by atomic mass is 79.9. The molecule has 1 heterocycles. The number of ether oxygens (including phenoxy) is 1. The van der Waals surface area contributed by atoms with Gasteiger partial charge in [-0.05, 0) is 38.5 Å². The smallest absolute Gasteiger partial charge is 0.287 e. The van der Waals surface area contributed by atoms with E-state index in [9.17, 15) is 4.79 Å². The van der Waals surface area contributed by atoms with E-state index in [0.717, 1.165) is 27.4 Å². The van der Waals surface area contributed by atoms with E-state index in [1.807, 2.05) is 32.0 Å². The number of carbonyl (C=O) groups excluding carboxylic acids is 1. The lowest BCUT2D eigenvalue weighted by atomic mass is 10.1. The van der Waals surface area contributed by atoms with Crippen LogP contribution in [-0.2, 0) is 4.74 Å².